The molecule has 1 rings (SSSR count). The van der Waals surface area contributed by atoms with Crippen molar-refractivity contribution in [1.29, 1.82) is 0 Å². The lowest BCUT2D eigenvalue weighted by atomic mass is 10.1. The molecule has 0 aromatic heterocycles. The zero-order chi connectivity index (χ0) is 13.7. The lowest BCUT2D eigenvalue weighted by molar-refractivity contribution is -0.150. The van der Waals surface area contributed by atoms with Gasteiger partial charge in [0.25, 0.3) is 5.91 Å². The van der Waals surface area contributed by atoms with E-state index in [4.69, 9.17) is 4.74 Å². The average molecular weight is 249 g/mol. The molecule has 0 aliphatic heterocycles. The van der Waals surface area contributed by atoms with E-state index in [1.54, 1.807) is 13.8 Å². The Kier molecular flexibility index (Phi) is 4.89. The normalized spacial score (nSPS) is 10.3. The maximum atomic E-state index is 11.7. The first kappa shape index (κ1) is 14.2. The Morgan fingerprint density at radius 2 is 1.78 bits per heavy atom. The molecule has 1 N–H and O–H groups in total. The molecular weight excluding hydrogens is 230 g/mol. The first-order valence-electron chi connectivity index (χ1n) is 5.94. The zero-order valence-corrected chi connectivity index (χ0v) is 11.2. The van der Waals surface area contributed by atoms with E-state index in [2.05, 4.69) is 5.32 Å². The van der Waals surface area contributed by atoms with E-state index in [9.17, 15) is 9.59 Å². The van der Waals surface area contributed by atoms with Crippen LogP contribution in [0.3, 0.4) is 0 Å². The fourth-order valence-corrected chi connectivity index (χ4v) is 1.49. The summed E-state index contributed by atoms with van der Waals surface area (Å²) in [5.41, 5.74) is 2.75. The summed E-state index contributed by atoms with van der Waals surface area (Å²) in [4.78, 5) is 22.9. The van der Waals surface area contributed by atoms with E-state index in [1.807, 2.05) is 32.0 Å². The lowest BCUT2D eigenvalue weighted by Crippen LogP contribution is -2.23. The van der Waals surface area contributed by atoms with Crippen LogP contribution in [-0.4, -0.2) is 18.5 Å². The number of hydrogen-bond acceptors (Lipinski definition) is 3. The van der Waals surface area contributed by atoms with E-state index in [-0.39, 0.29) is 24.4 Å². The second-order valence-electron chi connectivity index (χ2n) is 4.58. The van der Waals surface area contributed by atoms with Gasteiger partial charge in [0.15, 0.2) is 6.61 Å². The van der Waals surface area contributed by atoms with Crippen LogP contribution in [0.1, 0.15) is 25.0 Å². The maximum Gasteiger partial charge on any atom is 0.308 e. The van der Waals surface area contributed by atoms with E-state index in [1.165, 1.54) is 0 Å². The maximum absolute atomic E-state index is 11.7. The summed E-state index contributed by atoms with van der Waals surface area (Å²) in [6, 6.07) is 5.77. The number of nitrogens with one attached hydrogen (secondary N) is 1. The van der Waals surface area contributed by atoms with Gasteiger partial charge in [0, 0.05) is 5.69 Å². The van der Waals surface area contributed by atoms with Gasteiger partial charge in [0.05, 0.1) is 5.92 Å². The molecule has 0 atom stereocenters. The minimum Gasteiger partial charge on any atom is -0.455 e. The number of benzene rings is 1. The van der Waals surface area contributed by atoms with Crippen molar-refractivity contribution in [3.63, 3.8) is 0 Å². The summed E-state index contributed by atoms with van der Waals surface area (Å²) in [7, 11) is 0. The predicted octanol–water partition coefficient (Wildman–Crippen LogP) is 2.44. The van der Waals surface area contributed by atoms with Crippen LogP contribution < -0.4 is 5.32 Å². The lowest BCUT2D eigenvalue weighted by Gasteiger charge is -2.12. The van der Waals surface area contributed by atoms with Crippen molar-refractivity contribution in [1.82, 2.24) is 0 Å². The molecule has 0 spiro atoms. The smallest absolute Gasteiger partial charge is 0.308 e. The standard InChI is InChI=1S/C14H19NO3/c1-9(2)14(17)18-8-12(16)15-13-10(3)6-5-7-11(13)4/h5-7,9H,8H2,1-4H3,(H,15,16). The number of amides is 1. The molecule has 1 aromatic carbocycles. The van der Waals surface area contributed by atoms with Crippen molar-refractivity contribution in [2.45, 2.75) is 27.7 Å². The molecule has 0 fully saturated rings. The van der Waals surface area contributed by atoms with Crippen LogP contribution in [0.4, 0.5) is 5.69 Å². The van der Waals surface area contributed by atoms with E-state index >= 15 is 0 Å². The summed E-state index contributed by atoms with van der Waals surface area (Å²) in [6.07, 6.45) is 0. The second kappa shape index (κ2) is 6.19. The van der Waals surface area contributed by atoms with Gasteiger partial charge in [-0.15, -0.1) is 0 Å². The van der Waals surface area contributed by atoms with Crippen LogP contribution in [-0.2, 0) is 14.3 Å². The summed E-state index contributed by atoms with van der Waals surface area (Å²) >= 11 is 0. The van der Waals surface area contributed by atoms with Gasteiger partial charge in [-0.1, -0.05) is 32.0 Å². The summed E-state index contributed by atoms with van der Waals surface area (Å²) in [6.45, 7) is 7.05. The summed E-state index contributed by atoms with van der Waals surface area (Å²) in [5.74, 6) is -0.911. The number of para-hydroxylation sites is 1. The molecule has 0 heterocycles. The van der Waals surface area contributed by atoms with Crippen LogP contribution in [0.5, 0.6) is 0 Å². The van der Waals surface area contributed by atoms with Crippen molar-refractivity contribution in [2.75, 3.05) is 11.9 Å². The number of esters is 1. The van der Waals surface area contributed by atoms with Crippen molar-refractivity contribution < 1.29 is 14.3 Å². The van der Waals surface area contributed by atoms with Gasteiger partial charge >= 0.3 is 5.97 Å². The van der Waals surface area contributed by atoms with Crippen LogP contribution in [0.15, 0.2) is 18.2 Å². The number of hydrogen-bond donors (Lipinski definition) is 1. The topological polar surface area (TPSA) is 55.4 Å². The van der Waals surface area contributed by atoms with Gasteiger partial charge in [0.2, 0.25) is 0 Å². The molecule has 4 heteroatoms. The fraction of sp³-hybridized carbons (Fsp3) is 0.429. The average Bonchev–Trinajstić information content (AvgIpc) is 2.30. The van der Waals surface area contributed by atoms with Gasteiger partial charge < -0.3 is 10.1 Å². The second-order valence-corrected chi connectivity index (χ2v) is 4.58. The number of aryl methyl sites for hydroxylation is 2. The van der Waals surface area contributed by atoms with Gasteiger partial charge in [0.1, 0.15) is 0 Å². The molecule has 98 valence electrons. The van der Waals surface area contributed by atoms with Crippen molar-refractivity contribution in [2.24, 2.45) is 5.92 Å². The summed E-state index contributed by atoms with van der Waals surface area (Å²) in [5, 5.41) is 2.76. The number of carbonyl (C=O) groups is 2. The molecule has 0 unspecified atom stereocenters. The first-order valence-corrected chi connectivity index (χ1v) is 5.94. The minimum atomic E-state index is -0.369. The molecule has 0 saturated carbocycles. The third-order valence-corrected chi connectivity index (χ3v) is 2.56. The molecule has 18 heavy (non-hydrogen) atoms. The molecule has 0 radical (unpaired) electrons. The van der Waals surface area contributed by atoms with E-state index in [0.29, 0.717) is 0 Å². The molecule has 1 amide bonds. The van der Waals surface area contributed by atoms with Crippen LogP contribution in [0.25, 0.3) is 0 Å². The Bertz CT molecular complexity index is 432. The molecule has 4 nitrogen and oxygen atoms in total. The van der Waals surface area contributed by atoms with Crippen molar-refractivity contribution in [3.05, 3.63) is 29.3 Å². The number of anilines is 1. The van der Waals surface area contributed by atoms with E-state index in [0.717, 1.165) is 16.8 Å². The SMILES string of the molecule is Cc1cccc(C)c1NC(=O)COC(=O)C(C)C. The van der Waals surface area contributed by atoms with Gasteiger partial charge in [-0.3, -0.25) is 9.59 Å². The minimum absolute atomic E-state index is 0.224. The zero-order valence-electron chi connectivity index (χ0n) is 11.2. The van der Waals surface area contributed by atoms with Crippen LogP contribution >= 0.6 is 0 Å². The highest BCUT2D eigenvalue weighted by atomic mass is 16.5. The summed E-state index contributed by atoms with van der Waals surface area (Å²) < 4.78 is 4.87. The number of ether oxygens (including phenoxy) is 1. The molecule has 0 aliphatic carbocycles. The van der Waals surface area contributed by atoms with Crippen molar-refractivity contribution >= 4 is 17.6 Å². The van der Waals surface area contributed by atoms with Gasteiger partial charge in [-0.2, -0.15) is 0 Å². The molecule has 0 bridgehead atoms. The molecule has 1 aromatic rings. The highest BCUT2D eigenvalue weighted by Gasteiger charge is 2.12. The third-order valence-electron chi connectivity index (χ3n) is 2.56. The van der Waals surface area contributed by atoms with Crippen LogP contribution in [0.2, 0.25) is 0 Å². The number of carbonyl (C=O) groups excluding carboxylic acids is 2. The highest BCUT2D eigenvalue weighted by molar-refractivity contribution is 5.94. The van der Waals surface area contributed by atoms with Gasteiger partial charge in [-0.05, 0) is 25.0 Å². The fourth-order valence-electron chi connectivity index (χ4n) is 1.49. The van der Waals surface area contributed by atoms with E-state index < -0.39 is 0 Å². The Balaban J connectivity index is 2.58. The highest BCUT2D eigenvalue weighted by Crippen LogP contribution is 2.19. The first-order chi connectivity index (χ1) is 8.41. The Labute approximate surface area is 107 Å². The molecule has 0 aliphatic rings. The molecular formula is C14H19NO3. The number of rotatable bonds is 4. The van der Waals surface area contributed by atoms with Gasteiger partial charge in [-0.25, -0.2) is 0 Å². The monoisotopic (exact) mass is 249 g/mol. The Morgan fingerprint density at radius 3 is 2.28 bits per heavy atom. The Hall–Kier alpha value is -1.84. The van der Waals surface area contributed by atoms with Crippen LogP contribution in [0, 0.1) is 19.8 Å². The van der Waals surface area contributed by atoms with Crippen molar-refractivity contribution in [3.8, 4) is 0 Å². The molecule has 0 saturated heterocycles. The Morgan fingerprint density at radius 1 is 1.22 bits per heavy atom. The largest absolute Gasteiger partial charge is 0.455 e. The predicted molar refractivity (Wildman–Crippen MR) is 70.3 cm³/mol. The third kappa shape index (κ3) is 3.87. The quantitative estimate of drug-likeness (QED) is 0.834.